The molecule has 0 atom stereocenters. The Morgan fingerprint density at radius 2 is 1.92 bits per heavy atom. The number of halogens is 1. The van der Waals surface area contributed by atoms with Crippen molar-refractivity contribution in [3.63, 3.8) is 0 Å². The van der Waals surface area contributed by atoms with Gasteiger partial charge in [-0.25, -0.2) is 0 Å². The van der Waals surface area contributed by atoms with E-state index in [0.717, 1.165) is 38.5 Å². The summed E-state index contributed by atoms with van der Waals surface area (Å²) in [6.07, 6.45) is 3.31. The van der Waals surface area contributed by atoms with Gasteiger partial charge in [-0.2, -0.15) is 0 Å². The van der Waals surface area contributed by atoms with Crippen LogP contribution in [-0.4, -0.2) is 52.0 Å². The predicted molar refractivity (Wildman–Crippen MR) is 114 cm³/mol. The number of nitrogens with one attached hydrogen (secondary N) is 2. The predicted octanol–water partition coefficient (Wildman–Crippen LogP) is 3.30. The molecule has 24 heavy (non-hydrogen) atoms. The maximum Gasteiger partial charge on any atom is 0.191 e. The third-order valence-corrected chi connectivity index (χ3v) is 4.04. The van der Waals surface area contributed by atoms with E-state index in [2.05, 4.69) is 47.0 Å². The van der Waals surface area contributed by atoms with E-state index in [9.17, 15) is 0 Å². The summed E-state index contributed by atoms with van der Waals surface area (Å²) in [6, 6.07) is 4.25. The van der Waals surface area contributed by atoms with Crippen molar-refractivity contribution in [1.82, 2.24) is 10.6 Å². The summed E-state index contributed by atoms with van der Waals surface area (Å²) in [5.74, 6) is 0.854. The van der Waals surface area contributed by atoms with Gasteiger partial charge >= 0.3 is 0 Å². The molecule has 0 bridgehead atoms. The van der Waals surface area contributed by atoms with E-state index in [4.69, 9.17) is 9.47 Å². The van der Waals surface area contributed by atoms with Gasteiger partial charge in [-0.05, 0) is 31.2 Å². The van der Waals surface area contributed by atoms with Crippen molar-refractivity contribution in [1.29, 1.82) is 0 Å². The van der Waals surface area contributed by atoms with Crippen molar-refractivity contribution in [2.45, 2.75) is 33.1 Å². The molecule has 0 aromatic carbocycles. The highest BCUT2D eigenvalue weighted by Crippen LogP contribution is 2.07. The van der Waals surface area contributed by atoms with Crippen LogP contribution in [0.2, 0.25) is 0 Å². The Bertz CT molecular complexity index is 403. The van der Waals surface area contributed by atoms with Crippen molar-refractivity contribution >= 4 is 41.3 Å². The highest BCUT2D eigenvalue weighted by molar-refractivity contribution is 14.0. The fourth-order valence-electron chi connectivity index (χ4n) is 1.89. The minimum Gasteiger partial charge on any atom is -0.379 e. The van der Waals surface area contributed by atoms with Crippen LogP contribution in [0.1, 0.15) is 31.6 Å². The average Bonchev–Trinajstić information content (AvgIpc) is 3.06. The van der Waals surface area contributed by atoms with Crippen LogP contribution < -0.4 is 10.6 Å². The second-order valence-corrected chi connectivity index (χ2v) is 6.13. The first-order valence-corrected chi connectivity index (χ1v) is 9.44. The van der Waals surface area contributed by atoms with Gasteiger partial charge in [-0.1, -0.05) is 19.4 Å². The van der Waals surface area contributed by atoms with Crippen molar-refractivity contribution in [2.75, 3.05) is 46.1 Å². The topological polar surface area (TPSA) is 54.9 Å². The van der Waals surface area contributed by atoms with Gasteiger partial charge in [-0.3, -0.25) is 4.99 Å². The molecule has 1 rings (SSSR count). The lowest BCUT2D eigenvalue weighted by molar-refractivity contribution is 0.0497. The summed E-state index contributed by atoms with van der Waals surface area (Å²) in [5, 5.41) is 8.71. The number of rotatable bonds is 13. The summed E-state index contributed by atoms with van der Waals surface area (Å²) in [6.45, 7) is 9.40. The van der Waals surface area contributed by atoms with Gasteiger partial charge in [0.05, 0.1) is 26.4 Å². The first-order valence-electron chi connectivity index (χ1n) is 8.56. The van der Waals surface area contributed by atoms with Crippen LogP contribution in [-0.2, 0) is 15.9 Å². The minimum absolute atomic E-state index is 0. The highest BCUT2D eigenvalue weighted by atomic mass is 127. The molecule has 0 unspecified atom stereocenters. The van der Waals surface area contributed by atoms with Crippen molar-refractivity contribution in [2.24, 2.45) is 4.99 Å². The van der Waals surface area contributed by atoms with Crippen molar-refractivity contribution in [3.8, 4) is 0 Å². The first kappa shape index (κ1) is 23.6. The van der Waals surface area contributed by atoms with Crippen LogP contribution in [0.25, 0.3) is 0 Å². The highest BCUT2D eigenvalue weighted by Gasteiger charge is 1.98. The molecule has 5 nitrogen and oxygen atoms in total. The SMILES string of the molecule is CCCCOCCOCCN=C(NCC)NCCc1cccs1.I. The van der Waals surface area contributed by atoms with Crippen molar-refractivity contribution < 1.29 is 9.47 Å². The number of unbranched alkanes of at least 4 members (excludes halogenated alkanes) is 1. The molecule has 1 aromatic heterocycles. The molecule has 1 heterocycles. The Labute approximate surface area is 167 Å². The summed E-state index contributed by atoms with van der Waals surface area (Å²) >= 11 is 1.79. The lowest BCUT2D eigenvalue weighted by Gasteiger charge is -2.11. The van der Waals surface area contributed by atoms with Crippen LogP contribution in [0.15, 0.2) is 22.5 Å². The first-order chi connectivity index (χ1) is 11.4. The van der Waals surface area contributed by atoms with E-state index in [1.165, 1.54) is 11.3 Å². The van der Waals surface area contributed by atoms with Crippen molar-refractivity contribution in [3.05, 3.63) is 22.4 Å². The van der Waals surface area contributed by atoms with Crippen LogP contribution in [0.3, 0.4) is 0 Å². The average molecular weight is 469 g/mol. The Kier molecular flexibility index (Phi) is 17.2. The molecule has 0 saturated carbocycles. The van der Waals surface area contributed by atoms with Gasteiger partial charge in [0.25, 0.3) is 0 Å². The molecular formula is C17H32IN3O2S. The number of nitrogens with zero attached hydrogens (tertiary/aromatic N) is 1. The van der Waals surface area contributed by atoms with E-state index in [1.54, 1.807) is 11.3 Å². The molecule has 0 saturated heterocycles. The maximum atomic E-state index is 5.52. The molecule has 2 N–H and O–H groups in total. The van der Waals surface area contributed by atoms with Crippen LogP contribution >= 0.6 is 35.3 Å². The molecule has 1 aromatic rings. The van der Waals surface area contributed by atoms with E-state index >= 15 is 0 Å². The summed E-state index contributed by atoms with van der Waals surface area (Å²) in [5.41, 5.74) is 0. The zero-order valence-electron chi connectivity index (χ0n) is 14.9. The van der Waals surface area contributed by atoms with Crippen LogP contribution in [0.4, 0.5) is 0 Å². The third-order valence-electron chi connectivity index (χ3n) is 3.11. The van der Waals surface area contributed by atoms with E-state index in [1.807, 2.05) is 0 Å². The molecule has 0 amide bonds. The summed E-state index contributed by atoms with van der Waals surface area (Å²) in [4.78, 5) is 5.90. The number of guanidine groups is 1. The quantitative estimate of drug-likeness (QED) is 0.202. The van der Waals surface area contributed by atoms with Gasteiger partial charge in [-0.15, -0.1) is 35.3 Å². The van der Waals surface area contributed by atoms with E-state index in [0.29, 0.717) is 26.4 Å². The molecule has 7 heteroatoms. The Morgan fingerprint density at radius 3 is 2.58 bits per heavy atom. The lowest BCUT2D eigenvalue weighted by atomic mass is 10.3. The maximum absolute atomic E-state index is 5.52. The molecule has 0 aliphatic rings. The second-order valence-electron chi connectivity index (χ2n) is 5.10. The van der Waals surface area contributed by atoms with E-state index < -0.39 is 0 Å². The number of aliphatic imine (C=N–C) groups is 1. The third kappa shape index (κ3) is 13.0. The molecule has 0 radical (unpaired) electrons. The Morgan fingerprint density at radius 1 is 1.12 bits per heavy atom. The number of hydrogen-bond donors (Lipinski definition) is 2. The number of thiophene rings is 1. The number of hydrogen-bond acceptors (Lipinski definition) is 4. The van der Waals surface area contributed by atoms with Crippen LogP contribution in [0, 0.1) is 0 Å². The molecule has 0 aliphatic carbocycles. The molecule has 0 fully saturated rings. The fourth-order valence-corrected chi connectivity index (χ4v) is 2.60. The molecule has 0 aliphatic heterocycles. The van der Waals surface area contributed by atoms with E-state index in [-0.39, 0.29) is 24.0 Å². The normalized spacial score (nSPS) is 11.2. The molecular weight excluding hydrogens is 437 g/mol. The second kappa shape index (κ2) is 17.4. The minimum atomic E-state index is 0. The zero-order chi connectivity index (χ0) is 16.6. The fraction of sp³-hybridized carbons (Fsp3) is 0.706. The Balaban J connectivity index is 0.00000529. The van der Waals surface area contributed by atoms with Gasteiger partial charge in [0.15, 0.2) is 5.96 Å². The van der Waals surface area contributed by atoms with Gasteiger partial charge < -0.3 is 20.1 Å². The Hall–Kier alpha value is -0.380. The standard InChI is InChI=1S/C17H31N3O2S.HI/c1-3-5-11-21-13-14-22-12-10-20-17(18-4-2)19-9-8-16-7-6-15-23-16;/h6-7,15H,3-5,8-14H2,1-2H3,(H2,18,19,20);1H. The van der Waals surface area contributed by atoms with Gasteiger partial charge in [0, 0.05) is 24.6 Å². The largest absolute Gasteiger partial charge is 0.379 e. The zero-order valence-corrected chi connectivity index (χ0v) is 18.0. The summed E-state index contributed by atoms with van der Waals surface area (Å²) in [7, 11) is 0. The lowest BCUT2D eigenvalue weighted by Crippen LogP contribution is -2.38. The van der Waals surface area contributed by atoms with Gasteiger partial charge in [0.1, 0.15) is 0 Å². The monoisotopic (exact) mass is 469 g/mol. The molecule has 0 spiro atoms. The van der Waals surface area contributed by atoms with Crippen LogP contribution in [0.5, 0.6) is 0 Å². The van der Waals surface area contributed by atoms with Gasteiger partial charge in [0.2, 0.25) is 0 Å². The smallest absolute Gasteiger partial charge is 0.191 e. The molecule has 140 valence electrons. The number of ether oxygens (including phenoxy) is 2. The summed E-state index contributed by atoms with van der Waals surface area (Å²) < 4.78 is 11.0.